The van der Waals surface area contributed by atoms with Crippen LogP contribution in [0.2, 0.25) is 0 Å². The maximum Gasteiger partial charge on any atom is 0.243 e. The molecular formula is C20H40N6O3. The summed E-state index contributed by atoms with van der Waals surface area (Å²) >= 11 is 0. The number of hydrogen-bond donors (Lipinski definition) is 3. The molecule has 29 heavy (non-hydrogen) atoms. The number of ether oxygens (including phenoxy) is 1. The highest BCUT2D eigenvalue weighted by Crippen LogP contribution is 2.09. The molecule has 1 fully saturated rings. The molecule has 0 aromatic rings. The Labute approximate surface area is 175 Å². The van der Waals surface area contributed by atoms with Gasteiger partial charge in [-0.15, -0.1) is 0 Å². The quantitative estimate of drug-likeness (QED) is 0.238. The molecule has 1 rings (SSSR count). The van der Waals surface area contributed by atoms with Crippen LogP contribution in [0.25, 0.3) is 0 Å². The van der Waals surface area contributed by atoms with Gasteiger partial charge in [-0.2, -0.15) is 0 Å². The SMILES string of the molecule is CCCNC(=O)CN1CCC(NC(=NCC(=O)N(C)C)NCCCOCC)CC1. The van der Waals surface area contributed by atoms with Gasteiger partial charge in [-0.05, 0) is 32.6 Å². The van der Waals surface area contributed by atoms with Crippen molar-refractivity contribution in [2.24, 2.45) is 4.99 Å². The molecule has 1 aliphatic rings. The number of carbonyl (C=O) groups is 2. The second kappa shape index (κ2) is 15.0. The molecule has 1 heterocycles. The summed E-state index contributed by atoms with van der Waals surface area (Å²) in [5, 5.41) is 9.67. The van der Waals surface area contributed by atoms with E-state index in [0.29, 0.717) is 25.7 Å². The molecule has 0 bridgehead atoms. The van der Waals surface area contributed by atoms with Crippen LogP contribution in [-0.2, 0) is 14.3 Å². The van der Waals surface area contributed by atoms with E-state index in [1.807, 2.05) is 13.8 Å². The Kier molecular flexibility index (Phi) is 13.0. The molecule has 2 amide bonds. The summed E-state index contributed by atoms with van der Waals surface area (Å²) in [5.74, 6) is 0.725. The van der Waals surface area contributed by atoms with Crippen molar-refractivity contribution in [3.63, 3.8) is 0 Å². The van der Waals surface area contributed by atoms with Gasteiger partial charge < -0.3 is 25.6 Å². The number of nitrogens with one attached hydrogen (secondary N) is 3. The average molecular weight is 413 g/mol. The highest BCUT2D eigenvalue weighted by molar-refractivity contribution is 5.85. The molecule has 0 aromatic carbocycles. The van der Waals surface area contributed by atoms with E-state index in [4.69, 9.17) is 4.74 Å². The van der Waals surface area contributed by atoms with Crippen LogP contribution < -0.4 is 16.0 Å². The Morgan fingerprint density at radius 1 is 1.14 bits per heavy atom. The summed E-state index contributed by atoms with van der Waals surface area (Å²) in [6, 6.07) is 0.276. The maximum absolute atomic E-state index is 11.9. The number of rotatable bonds is 12. The van der Waals surface area contributed by atoms with E-state index in [9.17, 15) is 9.59 Å². The topological polar surface area (TPSA) is 98.3 Å². The van der Waals surface area contributed by atoms with Gasteiger partial charge in [-0.25, -0.2) is 4.99 Å². The number of piperidine rings is 1. The lowest BCUT2D eigenvalue weighted by molar-refractivity contribution is -0.127. The van der Waals surface area contributed by atoms with Gasteiger partial charge in [0.05, 0.1) is 6.54 Å². The molecule has 0 aromatic heterocycles. The van der Waals surface area contributed by atoms with Crippen molar-refractivity contribution >= 4 is 17.8 Å². The number of nitrogens with zero attached hydrogens (tertiary/aromatic N) is 3. The Balaban J connectivity index is 2.46. The fourth-order valence-electron chi connectivity index (χ4n) is 2.92. The van der Waals surface area contributed by atoms with E-state index in [1.165, 1.54) is 4.90 Å². The number of guanidine groups is 1. The van der Waals surface area contributed by atoms with Crippen LogP contribution in [0.5, 0.6) is 0 Å². The Bertz CT molecular complexity index is 504. The van der Waals surface area contributed by atoms with Crippen molar-refractivity contribution < 1.29 is 14.3 Å². The fourth-order valence-corrected chi connectivity index (χ4v) is 2.92. The molecule has 9 heteroatoms. The van der Waals surface area contributed by atoms with Crippen molar-refractivity contribution in [2.75, 3.05) is 66.6 Å². The predicted molar refractivity (Wildman–Crippen MR) is 116 cm³/mol. The van der Waals surface area contributed by atoms with Gasteiger partial charge in [0.25, 0.3) is 0 Å². The van der Waals surface area contributed by atoms with Crippen molar-refractivity contribution in [3.05, 3.63) is 0 Å². The summed E-state index contributed by atoms with van der Waals surface area (Å²) in [6.07, 6.45) is 3.69. The molecule has 0 spiro atoms. The minimum atomic E-state index is -0.0340. The minimum absolute atomic E-state index is 0.0340. The van der Waals surface area contributed by atoms with Crippen LogP contribution in [0.1, 0.15) is 39.5 Å². The number of aliphatic imine (C=N–C) groups is 1. The second-order valence-electron chi connectivity index (χ2n) is 7.47. The summed E-state index contributed by atoms with van der Waals surface area (Å²) in [6.45, 7) is 9.22. The number of hydrogen-bond acceptors (Lipinski definition) is 5. The van der Waals surface area contributed by atoms with Crippen LogP contribution in [0.3, 0.4) is 0 Å². The second-order valence-corrected chi connectivity index (χ2v) is 7.47. The van der Waals surface area contributed by atoms with E-state index in [-0.39, 0.29) is 24.4 Å². The van der Waals surface area contributed by atoms with Crippen LogP contribution in [0, 0.1) is 0 Å². The number of likely N-dealkylation sites (tertiary alicyclic amines) is 1. The van der Waals surface area contributed by atoms with Gasteiger partial charge in [-0.3, -0.25) is 14.5 Å². The molecule has 0 aliphatic carbocycles. The van der Waals surface area contributed by atoms with Crippen molar-refractivity contribution in [1.29, 1.82) is 0 Å². The molecule has 0 radical (unpaired) electrons. The van der Waals surface area contributed by atoms with Crippen LogP contribution in [-0.4, -0.2) is 100 Å². The minimum Gasteiger partial charge on any atom is -0.382 e. The molecule has 168 valence electrons. The lowest BCUT2D eigenvalue weighted by Gasteiger charge is -2.32. The maximum atomic E-state index is 11.9. The Hall–Kier alpha value is -1.87. The number of amides is 2. The van der Waals surface area contributed by atoms with Gasteiger partial charge in [0.2, 0.25) is 11.8 Å². The van der Waals surface area contributed by atoms with Crippen LogP contribution in [0.15, 0.2) is 4.99 Å². The highest BCUT2D eigenvalue weighted by Gasteiger charge is 2.21. The monoisotopic (exact) mass is 412 g/mol. The zero-order valence-electron chi connectivity index (χ0n) is 18.6. The number of likely N-dealkylation sites (N-methyl/N-ethyl adjacent to an activating group) is 1. The largest absolute Gasteiger partial charge is 0.382 e. The third kappa shape index (κ3) is 11.7. The molecule has 0 atom stereocenters. The fraction of sp³-hybridized carbons (Fsp3) is 0.850. The first-order valence-electron chi connectivity index (χ1n) is 10.8. The van der Waals surface area contributed by atoms with E-state index in [0.717, 1.165) is 51.9 Å². The first kappa shape index (κ1) is 25.2. The lowest BCUT2D eigenvalue weighted by atomic mass is 10.1. The van der Waals surface area contributed by atoms with Crippen molar-refractivity contribution in [3.8, 4) is 0 Å². The lowest BCUT2D eigenvalue weighted by Crippen LogP contribution is -2.50. The van der Waals surface area contributed by atoms with Crippen molar-refractivity contribution in [2.45, 2.75) is 45.6 Å². The van der Waals surface area contributed by atoms with Crippen LogP contribution >= 0.6 is 0 Å². The van der Waals surface area contributed by atoms with Gasteiger partial charge in [0.1, 0.15) is 6.54 Å². The standard InChI is InChI=1S/C20H40N6O3/c1-5-10-21-18(27)16-26-12-8-17(9-13-26)24-20(22-11-7-14-29-6-2)23-15-19(28)25(3)4/h17H,5-16H2,1-4H3,(H,21,27)(H2,22,23,24). The molecule has 0 unspecified atom stereocenters. The van der Waals surface area contributed by atoms with E-state index < -0.39 is 0 Å². The van der Waals surface area contributed by atoms with E-state index in [2.05, 4.69) is 25.8 Å². The third-order valence-corrected chi connectivity index (χ3v) is 4.70. The molecule has 1 saturated heterocycles. The van der Waals surface area contributed by atoms with Gasteiger partial charge >= 0.3 is 0 Å². The zero-order chi connectivity index (χ0) is 21.5. The highest BCUT2D eigenvalue weighted by atomic mass is 16.5. The van der Waals surface area contributed by atoms with Crippen LogP contribution in [0.4, 0.5) is 0 Å². The van der Waals surface area contributed by atoms with Gasteiger partial charge in [-0.1, -0.05) is 6.92 Å². The molecule has 0 saturated carbocycles. The normalized spacial score (nSPS) is 15.8. The summed E-state index contributed by atoms with van der Waals surface area (Å²) in [4.78, 5) is 31.9. The Morgan fingerprint density at radius 2 is 1.86 bits per heavy atom. The smallest absolute Gasteiger partial charge is 0.243 e. The first-order chi connectivity index (χ1) is 14.0. The van der Waals surface area contributed by atoms with Gasteiger partial charge in [0, 0.05) is 59.5 Å². The summed E-state index contributed by atoms with van der Waals surface area (Å²) in [5.41, 5.74) is 0. The van der Waals surface area contributed by atoms with Gasteiger partial charge in [0.15, 0.2) is 5.96 Å². The Morgan fingerprint density at radius 3 is 2.48 bits per heavy atom. The summed E-state index contributed by atoms with van der Waals surface area (Å²) in [7, 11) is 3.46. The van der Waals surface area contributed by atoms with E-state index in [1.54, 1.807) is 14.1 Å². The number of carbonyl (C=O) groups excluding carboxylic acids is 2. The predicted octanol–water partition coefficient (Wildman–Crippen LogP) is 0.0270. The molecule has 1 aliphatic heterocycles. The summed E-state index contributed by atoms with van der Waals surface area (Å²) < 4.78 is 5.36. The van der Waals surface area contributed by atoms with Crippen molar-refractivity contribution in [1.82, 2.24) is 25.8 Å². The van der Waals surface area contributed by atoms with E-state index >= 15 is 0 Å². The first-order valence-corrected chi connectivity index (χ1v) is 10.8. The molecular weight excluding hydrogens is 372 g/mol. The zero-order valence-corrected chi connectivity index (χ0v) is 18.6. The average Bonchev–Trinajstić information content (AvgIpc) is 2.71. The third-order valence-electron chi connectivity index (χ3n) is 4.70. The molecule has 9 nitrogen and oxygen atoms in total. The molecule has 3 N–H and O–H groups in total.